The molecule has 6 heteroatoms. The predicted molar refractivity (Wildman–Crippen MR) is 102 cm³/mol. The Balaban J connectivity index is 2.03. The summed E-state index contributed by atoms with van der Waals surface area (Å²) < 4.78 is 1.50. The predicted octanol–water partition coefficient (Wildman–Crippen LogP) is 2.26. The lowest BCUT2D eigenvalue weighted by atomic mass is 10.0. The molecule has 3 aromatic rings. The molecule has 0 radical (unpaired) electrons. The molecule has 1 atom stereocenters. The van der Waals surface area contributed by atoms with Crippen molar-refractivity contribution in [1.82, 2.24) is 9.47 Å². The molecule has 1 fully saturated rings. The van der Waals surface area contributed by atoms with Gasteiger partial charge in [-0.3, -0.25) is 14.3 Å². The Labute approximate surface area is 155 Å². The van der Waals surface area contributed by atoms with E-state index >= 15 is 0 Å². The SMILES string of the molecule is O=C(O)c1c(CN2CC[C@@H](O)C2)n(-c2ccccc2)c(=O)c2ccccc12. The van der Waals surface area contributed by atoms with Crippen LogP contribution in [0.1, 0.15) is 22.5 Å². The van der Waals surface area contributed by atoms with Crippen LogP contribution in [-0.2, 0) is 6.54 Å². The first-order valence-electron chi connectivity index (χ1n) is 8.92. The van der Waals surface area contributed by atoms with Crippen molar-refractivity contribution in [3.8, 4) is 5.69 Å². The van der Waals surface area contributed by atoms with E-state index in [2.05, 4.69) is 0 Å². The number of para-hydroxylation sites is 1. The van der Waals surface area contributed by atoms with Gasteiger partial charge in [-0.05, 0) is 24.6 Å². The molecule has 6 nitrogen and oxygen atoms in total. The van der Waals surface area contributed by atoms with E-state index in [4.69, 9.17) is 0 Å². The van der Waals surface area contributed by atoms with E-state index in [1.54, 1.807) is 36.4 Å². The molecule has 0 aliphatic carbocycles. The lowest BCUT2D eigenvalue weighted by Crippen LogP contribution is -2.31. The van der Waals surface area contributed by atoms with Gasteiger partial charge < -0.3 is 10.2 Å². The second kappa shape index (κ2) is 6.98. The maximum atomic E-state index is 13.3. The summed E-state index contributed by atoms with van der Waals surface area (Å²) in [5.74, 6) is -1.06. The van der Waals surface area contributed by atoms with Gasteiger partial charge in [-0.25, -0.2) is 4.79 Å². The van der Waals surface area contributed by atoms with Crippen LogP contribution in [0.4, 0.5) is 0 Å². The molecule has 4 rings (SSSR count). The number of likely N-dealkylation sites (tertiary alicyclic amines) is 1. The molecule has 2 aromatic carbocycles. The zero-order valence-corrected chi connectivity index (χ0v) is 14.7. The van der Waals surface area contributed by atoms with Crippen LogP contribution in [0.5, 0.6) is 0 Å². The van der Waals surface area contributed by atoms with Gasteiger partial charge in [0.25, 0.3) is 5.56 Å². The lowest BCUT2D eigenvalue weighted by Gasteiger charge is -2.22. The van der Waals surface area contributed by atoms with E-state index in [1.807, 2.05) is 23.1 Å². The smallest absolute Gasteiger partial charge is 0.338 e. The topological polar surface area (TPSA) is 82.8 Å². The van der Waals surface area contributed by atoms with Gasteiger partial charge in [0.2, 0.25) is 0 Å². The zero-order chi connectivity index (χ0) is 19.0. The molecule has 1 aliphatic heterocycles. The van der Waals surface area contributed by atoms with Gasteiger partial charge in [-0.1, -0.05) is 36.4 Å². The molecular weight excluding hydrogens is 344 g/mol. The van der Waals surface area contributed by atoms with Gasteiger partial charge in [0, 0.05) is 36.1 Å². The van der Waals surface area contributed by atoms with Crippen LogP contribution in [0.15, 0.2) is 59.4 Å². The summed E-state index contributed by atoms with van der Waals surface area (Å²) >= 11 is 0. The summed E-state index contributed by atoms with van der Waals surface area (Å²) in [6, 6.07) is 15.9. The largest absolute Gasteiger partial charge is 0.478 e. The first-order valence-corrected chi connectivity index (χ1v) is 8.92. The van der Waals surface area contributed by atoms with Crippen molar-refractivity contribution >= 4 is 16.7 Å². The molecule has 1 aliphatic rings. The lowest BCUT2D eigenvalue weighted by molar-refractivity contribution is 0.0695. The fraction of sp³-hybridized carbons (Fsp3) is 0.238. The van der Waals surface area contributed by atoms with Gasteiger partial charge in [-0.2, -0.15) is 0 Å². The molecule has 2 N–H and O–H groups in total. The molecule has 138 valence electrons. The minimum Gasteiger partial charge on any atom is -0.478 e. The first-order chi connectivity index (χ1) is 13.1. The number of β-amino-alcohol motifs (C(OH)–C–C–N with tert-alkyl or cyclic N) is 1. The van der Waals surface area contributed by atoms with Crippen LogP contribution in [-0.4, -0.2) is 44.8 Å². The molecule has 0 spiro atoms. The minimum absolute atomic E-state index is 0.135. The molecule has 1 saturated heterocycles. The van der Waals surface area contributed by atoms with Gasteiger partial charge in [0.05, 0.1) is 17.4 Å². The Kier molecular flexibility index (Phi) is 4.51. The number of aliphatic hydroxyl groups is 1. The van der Waals surface area contributed by atoms with Crippen molar-refractivity contribution in [1.29, 1.82) is 0 Å². The summed E-state index contributed by atoms with van der Waals surface area (Å²) in [7, 11) is 0. The van der Waals surface area contributed by atoms with Crippen molar-refractivity contribution in [2.24, 2.45) is 0 Å². The Morgan fingerprint density at radius 2 is 1.70 bits per heavy atom. The Hall–Kier alpha value is -2.96. The normalized spacial score (nSPS) is 17.4. The highest BCUT2D eigenvalue weighted by Crippen LogP contribution is 2.25. The number of hydrogen-bond donors (Lipinski definition) is 2. The standard InChI is InChI=1S/C21H20N2O4/c24-15-10-11-22(12-15)13-18-19(21(26)27)16-8-4-5-9-17(16)20(25)23(18)14-6-2-1-3-7-14/h1-9,15,24H,10-13H2,(H,26,27)/t15-/m1/s1. The third-order valence-corrected chi connectivity index (χ3v) is 5.04. The Morgan fingerprint density at radius 1 is 1.04 bits per heavy atom. The van der Waals surface area contributed by atoms with E-state index in [-0.39, 0.29) is 17.7 Å². The second-order valence-corrected chi connectivity index (χ2v) is 6.83. The number of nitrogens with zero attached hydrogens (tertiary/aromatic N) is 2. The van der Waals surface area contributed by atoms with Crippen molar-refractivity contribution in [3.05, 3.63) is 76.2 Å². The van der Waals surface area contributed by atoms with Crippen molar-refractivity contribution in [3.63, 3.8) is 0 Å². The number of carboxylic acids is 1. The number of aromatic nitrogens is 1. The molecule has 0 unspecified atom stereocenters. The zero-order valence-electron chi connectivity index (χ0n) is 14.7. The van der Waals surface area contributed by atoms with Crippen molar-refractivity contribution in [2.45, 2.75) is 19.1 Å². The van der Waals surface area contributed by atoms with Crippen LogP contribution in [0.25, 0.3) is 16.5 Å². The van der Waals surface area contributed by atoms with E-state index < -0.39 is 12.1 Å². The number of aliphatic hydroxyl groups excluding tert-OH is 1. The van der Waals surface area contributed by atoms with Crippen LogP contribution < -0.4 is 5.56 Å². The molecular formula is C21H20N2O4. The van der Waals surface area contributed by atoms with Crippen molar-refractivity contribution in [2.75, 3.05) is 13.1 Å². The molecule has 0 bridgehead atoms. The number of carboxylic acid groups (broad SMARTS) is 1. The van der Waals surface area contributed by atoms with E-state index in [1.165, 1.54) is 4.57 Å². The second-order valence-electron chi connectivity index (χ2n) is 6.83. The summed E-state index contributed by atoms with van der Waals surface area (Å²) in [6.45, 7) is 1.42. The fourth-order valence-corrected chi connectivity index (χ4v) is 3.80. The van der Waals surface area contributed by atoms with E-state index in [0.29, 0.717) is 41.7 Å². The minimum atomic E-state index is -1.06. The Morgan fingerprint density at radius 3 is 2.33 bits per heavy atom. The summed E-state index contributed by atoms with van der Waals surface area (Å²) in [5, 5.41) is 20.6. The maximum Gasteiger partial charge on any atom is 0.338 e. The van der Waals surface area contributed by atoms with E-state index in [9.17, 15) is 19.8 Å². The number of carbonyl (C=O) groups is 1. The summed E-state index contributed by atoms with van der Waals surface area (Å²) in [4.78, 5) is 27.4. The Bertz CT molecular complexity index is 1060. The molecule has 0 saturated carbocycles. The van der Waals surface area contributed by atoms with Gasteiger partial charge in [0.1, 0.15) is 0 Å². The van der Waals surface area contributed by atoms with Crippen LogP contribution in [0.2, 0.25) is 0 Å². The fourth-order valence-electron chi connectivity index (χ4n) is 3.80. The maximum absolute atomic E-state index is 13.3. The number of aromatic carboxylic acids is 1. The quantitative estimate of drug-likeness (QED) is 0.742. The number of benzene rings is 2. The average molecular weight is 364 g/mol. The van der Waals surface area contributed by atoms with Gasteiger partial charge >= 0.3 is 5.97 Å². The monoisotopic (exact) mass is 364 g/mol. The number of hydrogen-bond acceptors (Lipinski definition) is 4. The third kappa shape index (κ3) is 3.13. The highest BCUT2D eigenvalue weighted by molar-refractivity contribution is 6.04. The molecule has 1 aromatic heterocycles. The van der Waals surface area contributed by atoms with Crippen LogP contribution in [0.3, 0.4) is 0 Å². The average Bonchev–Trinajstić information content (AvgIpc) is 3.07. The first kappa shape index (κ1) is 17.5. The third-order valence-electron chi connectivity index (χ3n) is 5.04. The van der Waals surface area contributed by atoms with Crippen LogP contribution in [0, 0.1) is 0 Å². The highest BCUT2D eigenvalue weighted by Gasteiger charge is 2.27. The molecule has 2 heterocycles. The van der Waals surface area contributed by atoms with Gasteiger partial charge in [0.15, 0.2) is 0 Å². The van der Waals surface area contributed by atoms with Crippen molar-refractivity contribution < 1.29 is 15.0 Å². The van der Waals surface area contributed by atoms with Crippen LogP contribution >= 0.6 is 0 Å². The summed E-state index contributed by atoms with van der Waals surface area (Å²) in [5.41, 5.74) is 0.962. The van der Waals surface area contributed by atoms with E-state index in [0.717, 1.165) is 0 Å². The molecule has 27 heavy (non-hydrogen) atoms. The summed E-state index contributed by atoms with van der Waals surface area (Å²) in [6.07, 6.45) is 0.224. The molecule has 0 amide bonds. The highest BCUT2D eigenvalue weighted by atomic mass is 16.4. The van der Waals surface area contributed by atoms with Gasteiger partial charge in [-0.15, -0.1) is 0 Å². The number of rotatable bonds is 4. The number of pyridine rings is 1. The number of fused-ring (bicyclic) bond motifs is 1.